The lowest BCUT2D eigenvalue weighted by Gasteiger charge is -2.34. The molecule has 0 N–H and O–H groups in total. The maximum absolute atomic E-state index is 12.8. The van der Waals surface area contributed by atoms with Crippen molar-refractivity contribution in [2.75, 3.05) is 25.5 Å². The van der Waals surface area contributed by atoms with E-state index in [1.165, 1.54) is 0 Å². The molecule has 0 aliphatic carbocycles. The first-order valence-corrected chi connectivity index (χ1v) is 8.21. The van der Waals surface area contributed by atoms with E-state index in [2.05, 4.69) is 17.0 Å². The zero-order valence-electron chi connectivity index (χ0n) is 14.7. The third kappa shape index (κ3) is 2.98. The summed E-state index contributed by atoms with van der Waals surface area (Å²) >= 11 is 0. The molecule has 3 rings (SSSR count). The summed E-state index contributed by atoms with van der Waals surface area (Å²) in [4.78, 5) is 26.0. The topological polar surface area (TPSA) is 67.2 Å². The number of amides is 1. The monoisotopic (exact) mass is 328 g/mol. The maximum Gasteiger partial charge on any atom is 0.245 e. The number of nitrogens with zero attached hydrogens (tertiary/aromatic N) is 6. The van der Waals surface area contributed by atoms with Gasteiger partial charge in [-0.25, -0.2) is 9.97 Å². The van der Waals surface area contributed by atoms with Crippen LogP contribution < -0.4 is 4.90 Å². The molecule has 0 bridgehead atoms. The standard InChI is InChI=1S/C17H24N6O/c1-13-11-14(21(3)4)20-16(19-13)17(2)7-5-10-23(17)15(24)12-22-9-6-8-18-22/h6,8-9,11H,5,7,10,12H2,1-4H3/t17-/m1/s1. The van der Waals surface area contributed by atoms with Gasteiger partial charge in [0.05, 0.1) is 0 Å². The summed E-state index contributed by atoms with van der Waals surface area (Å²) in [7, 11) is 3.92. The Morgan fingerprint density at radius 2 is 2.17 bits per heavy atom. The fourth-order valence-corrected chi connectivity index (χ4v) is 3.24. The van der Waals surface area contributed by atoms with Crippen molar-refractivity contribution in [1.82, 2.24) is 24.6 Å². The average molecular weight is 328 g/mol. The zero-order chi connectivity index (χ0) is 17.3. The molecule has 0 aromatic carbocycles. The molecule has 1 saturated heterocycles. The van der Waals surface area contributed by atoms with Crippen LogP contribution in [0.4, 0.5) is 5.82 Å². The third-order valence-electron chi connectivity index (χ3n) is 4.58. The molecule has 1 aliphatic rings. The number of hydrogen-bond acceptors (Lipinski definition) is 5. The van der Waals surface area contributed by atoms with Gasteiger partial charge in [-0.2, -0.15) is 5.10 Å². The molecular formula is C17H24N6O. The molecule has 0 unspecified atom stereocenters. The van der Waals surface area contributed by atoms with Gasteiger partial charge in [0.2, 0.25) is 5.91 Å². The largest absolute Gasteiger partial charge is 0.363 e. The first-order valence-electron chi connectivity index (χ1n) is 8.21. The third-order valence-corrected chi connectivity index (χ3v) is 4.58. The molecule has 0 saturated carbocycles. The molecule has 7 heteroatoms. The van der Waals surface area contributed by atoms with Crippen molar-refractivity contribution in [3.05, 3.63) is 36.0 Å². The van der Waals surface area contributed by atoms with Gasteiger partial charge < -0.3 is 9.80 Å². The number of hydrogen-bond donors (Lipinski definition) is 0. The average Bonchev–Trinajstić information content (AvgIpc) is 3.16. The van der Waals surface area contributed by atoms with E-state index in [-0.39, 0.29) is 12.5 Å². The van der Waals surface area contributed by atoms with Crippen LogP contribution in [0.3, 0.4) is 0 Å². The van der Waals surface area contributed by atoms with Crippen molar-refractivity contribution in [2.24, 2.45) is 0 Å². The highest BCUT2D eigenvalue weighted by atomic mass is 16.2. The van der Waals surface area contributed by atoms with Gasteiger partial charge in [0.1, 0.15) is 17.9 Å². The Morgan fingerprint density at radius 3 is 2.83 bits per heavy atom. The highest BCUT2D eigenvalue weighted by Crippen LogP contribution is 2.37. The molecule has 1 amide bonds. The number of carbonyl (C=O) groups is 1. The van der Waals surface area contributed by atoms with Crippen LogP contribution in [0, 0.1) is 6.92 Å². The fraction of sp³-hybridized carbons (Fsp3) is 0.529. The zero-order valence-corrected chi connectivity index (χ0v) is 14.7. The minimum Gasteiger partial charge on any atom is -0.363 e. The minimum atomic E-state index is -0.471. The molecule has 128 valence electrons. The normalized spacial score (nSPS) is 20.4. The number of likely N-dealkylation sites (tertiary alicyclic amines) is 1. The molecule has 1 aliphatic heterocycles. The van der Waals surface area contributed by atoms with Crippen LogP contribution in [0.2, 0.25) is 0 Å². The van der Waals surface area contributed by atoms with Crippen LogP contribution in [-0.2, 0) is 16.9 Å². The number of aryl methyl sites for hydroxylation is 1. The van der Waals surface area contributed by atoms with E-state index in [9.17, 15) is 4.79 Å². The van der Waals surface area contributed by atoms with Crippen LogP contribution in [0.25, 0.3) is 0 Å². The minimum absolute atomic E-state index is 0.0511. The Hall–Kier alpha value is -2.44. The van der Waals surface area contributed by atoms with Crippen LogP contribution in [-0.4, -0.2) is 51.2 Å². The second-order valence-electron chi connectivity index (χ2n) is 6.71. The number of carbonyl (C=O) groups excluding carboxylic acids is 1. The van der Waals surface area contributed by atoms with Gasteiger partial charge in [-0.05, 0) is 32.8 Å². The molecule has 2 aromatic rings. The van der Waals surface area contributed by atoms with Crippen molar-refractivity contribution in [3.8, 4) is 0 Å². The highest BCUT2D eigenvalue weighted by Gasteiger charge is 2.43. The fourth-order valence-electron chi connectivity index (χ4n) is 3.24. The molecule has 0 spiro atoms. The van der Waals surface area contributed by atoms with Gasteiger partial charge in [0, 0.05) is 44.8 Å². The van der Waals surface area contributed by atoms with E-state index in [0.717, 1.165) is 36.7 Å². The SMILES string of the molecule is Cc1cc(N(C)C)nc([C@@]2(C)CCCN2C(=O)Cn2cccn2)n1. The number of anilines is 1. The second kappa shape index (κ2) is 6.22. The van der Waals surface area contributed by atoms with E-state index in [1.54, 1.807) is 17.1 Å². The second-order valence-corrected chi connectivity index (χ2v) is 6.71. The summed E-state index contributed by atoms with van der Waals surface area (Å²) in [5, 5.41) is 4.13. The maximum atomic E-state index is 12.8. The molecule has 1 fully saturated rings. The summed E-state index contributed by atoms with van der Waals surface area (Å²) in [6.07, 6.45) is 5.31. The summed E-state index contributed by atoms with van der Waals surface area (Å²) in [6, 6.07) is 3.78. The quantitative estimate of drug-likeness (QED) is 0.852. The van der Waals surface area contributed by atoms with E-state index in [1.807, 2.05) is 43.0 Å². The van der Waals surface area contributed by atoms with Gasteiger partial charge in [0.25, 0.3) is 0 Å². The van der Waals surface area contributed by atoms with Crippen LogP contribution in [0.15, 0.2) is 24.5 Å². The lowest BCUT2D eigenvalue weighted by molar-refractivity contribution is -0.136. The summed E-state index contributed by atoms with van der Waals surface area (Å²) in [5.74, 6) is 1.64. The molecule has 1 atom stereocenters. The number of rotatable bonds is 4. The van der Waals surface area contributed by atoms with Gasteiger partial charge in [-0.15, -0.1) is 0 Å². The first kappa shape index (κ1) is 16.4. The van der Waals surface area contributed by atoms with Crippen LogP contribution in [0.1, 0.15) is 31.3 Å². The van der Waals surface area contributed by atoms with Crippen molar-refractivity contribution in [3.63, 3.8) is 0 Å². The highest BCUT2D eigenvalue weighted by molar-refractivity contribution is 5.77. The van der Waals surface area contributed by atoms with E-state index in [4.69, 9.17) is 4.98 Å². The Kier molecular flexibility index (Phi) is 4.26. The van der Waals surface area contributed by atoms with E-state index in [0.29, 0.717) is 0 Å². The molecule has 24 heavy (non-hydrogen) atoms. The van der Waals surface area contributed by atoms with Crippen LogP contribution >= 0.6 is 0 Å². The lowest BCUT2D eigenvalue weighted by Crippen LogP contribution is -2.45. The summed E-state index contributed by atoms with van der Waals surface area (Å²) in [6.45, 7) is 5.00. The predicted octanol–water partition coefficient (Wildman–Crippen LogP) is 1.59. The lowest BCUT2D eigenvalue weighted by atomic mass is 9.97. The molecule has 0 radical (unpaired) electrons. The number of aromatic nitrogens is 4. The Balaban J connectivity index is 1.91. The van der Waals surface area contributed by atoms with Gasteiger partial charge >= 0.3 is 0 Å². The van der Waals surface area contributed by atoms with Gasteiger partial charge in [-0.1, -0.05) is 0 Å². The van der Waals surface area contributed by atoms with Crippen molar-refractivity contribution < 1.29 is 4.79 Å². The predicted molar refractivity (Wildman–Crippen MR) is 91.6 cm³/mol. The first-order chi connectivity index (χ1) is 11.4. The summed E-state index contributed by atoms with van der Waals surface area (Å²) < 4.78 is 1.66. The molecule has 7 nitrogen and oxygen atoms in total. The van der Waals surface area contributed by atoms with Crippen molar-refractivity contribution >= 4 is 11.7 Å². The molecule has 2 aromatic heterocycles. The smallest absolute Gasteiger partial charge is 0.245 e. The Morgan fingerprint density at radius 1 is 1.38 bits per heavy atom. The Bertz CT molecular complexity index is 727. The molecular weight excluding hydrogens is 304 g/mol. The van der Waals surface area contributed by atoms with Gasteiger partial charge in [0.15, 0.2) is 5.82 Å². The summed E-state index contributed by atoms with van der Waals surface area (Å²) in [5.41, 5.74) is 0.442. The van der Waals surface area contributed by atoms with E-state index < -0.39 is 5.54 Å². The molecule has 3 heterocycles. The Labute approximate surface area is 142 Å². The van der Waals surface area contributed by atoms with Crippen molar-refractivity contribution in [2.45, 2.75) is 38.8 Å². The van der Waals surface area contributed by atoms with Crippen molar-refractivity contribution in [1.29, 1.82) is 0 Å². The van der Waals surface area contributed by atoms with E-state index >= 15 is 0 Å². The van der Waals surface area contributed by atoms with Crippen LogP contribution in [0.5, 0.6) is 0 Å². The van der Waals surface area contributed by atoms with Gasteiger partial charge in [-0.3, -0.25) is 9.48 Å².